The van der Waals surface area contributed by atoms with E-state index in [1.807, 2.05) is 0 Å². The Kier molecular flexibility index (Phi) is 10.6. The standard InChI is InChI=1S/C37H33F7O3/c1-2-3-4-5-22-6-8-24(9-7-22)36(45)46-28-15-17-30(32(39)21-28)37(43,44)47-27-13-10-23(11-14-27)25-12-16-29(31(38)18-25)26-19-33(40)35(42)34(41)20-26/h10-22,24H,2-9H2,1H3. The van der Waals surface area contributed by atoms with Gasteiger partial charge in [-0.3, -0.25) is 4.79 Å². The summed E-state index contributed by atoms with van der Waals surface area (Å²) in [5.74, 6) is -7.46. The van der Waals surface area contributed by atoms with Crippen LogP contribution in [0.1, 0.15) is 63.9 Å². The molecule has 0 unspecified atom stereocenters. The van der Waals surface area contributed by atoms with Crippen molar-refractivity contribution in [1.29, 1.82) is 0 Å². The fourth-order valence-electron chi connectivity index (χ4n) is 5.92. The number of ether oxygens (including phenoxy) is 2. The molecule has 1 saturated carbocycles. The van der Waals surface area contributed by atoms with Gasteiger partial charge in [0.25, 0.3) is 0 Å². The van der Waals surface area contributed by atoms with Gasteiger partial charge in [-0.15, -0.1) is 0 Å². The molecular weight excluding hydrogens is 625 g/mol. The van der Waals surface area contributed by atoms with Crippen LogP contribution in [0.5, 0.6) is 11.5 Å². The highest BCUT2D eigenvalue weighted by atomic mass is 19.3. The van der Waals surface area contributed by atoms with Crippen molar-refractivity contribution in [3.05, 3.63) is 107 Å². The minimum Gasteiger partial charge on any atom is -0.429 e. The quantitative estimate of drug-likeness (QED) is 0.0529. The molecule has 4 aromatic rings. The van der Waals surface area contributed by atoms with Gasteiger partial charge < -0.3 is 9.47 Å². The zero-order valence-electron chi connectivity index (χ0n) is 25.6. The molecule has 0 aliphatic heterocycles. The highest BCUT2D eigenvalue weighted by Gasteiger charge is 2.38. The summed E-state index contributed by atoms with van der Waals surface area (Å²) in [4.78, 5) is 12.7. The molecule has 0 aromatic heterocycles. The largest absolute Gasteiger partial charge is 0.429 e. The number of carbonyl (C=O) groups excluding carboxylic acids is 1. The molecule has 5 rings (SSSR count). The van der Waals surface area contributed by atoms with Gasteiger partial charge >= 0.3 is 12.1 Å². The van der Waals surface area contributed by atoms with Crippen LogP contribution in [0.25, 0.3) is 22.3 Å². The molecule has 0 spiro atoms. The SMILES string of the molecule is CCCCCC1CCC(C(=O)Oc2ccc(C(F)(F)Oc3ccc(-c4ccc(-c5cc(F)c(F)c(F)c5)c(F)c4)cc3)c(F)c2)CC1. The molecule has 0 amide bonds. The van der Waals surface area contributed by atoms with Crippen LogP contribution in [0.3, 0.4) is 0 Å². The lowest BCUT2D eigenvalue weighted by Crippen LogP contribution is -2.26. The Balaban J connectivity index is 1.20. The van der Waals surface area contributed by atoms with Crippen LogP contribution in [0.15, 0.2) is 72.8 Å². The summed E-state index contributed by atoms with van der Waals surface area (Å²) in [6.07, 6.45) is 3.78. The Bertz CT molecular complexity index is 1690. The van der Waals surface area contributed by atoms with Crippen molar-refractivity contribution >= 4 is 5.97 Å². The molecule has 0 N–H and O–H groups in total. The van der Waals surface area contributed by atoms with Crippen molar-refractivity contribution in [3.63, 3.8) is 0 Å². The molecule has 47 heavy (non-hydrogen) atoms. The third-order valence-corrected chi connectivity index (χ3v) is 8.57. The van der Waals surface area contributed by atoms with Gasteiger partial charge in [0.15, 0.2) is 17.5 Å². The Morgan fingerprint density at radius 2 is 1.32 bits per heavy atom. The van der Waals surface area contributed by atoms with Gasteiger partial charge in [-0.25, -0.2) is 22.0 Å². The minimum absolute atomic E-state index is 0.172. The molecule has 0 radical (unpaired) electrons. The first-order valence-electron chi connectivity index (χ1n) is 15.6. The number of esters is 1. The van der Waals surface area contributed by atoms with Gasteiger partial charge in [0, 0.05) is 11.6 Å². The number of unbranched alkanes of at least 4 members (excludes halogenated alkanes) is 2. The van der Waals surface area contributed by atoms with E-state index >= 15 is 8.78 Å². The lowest BCUT2D eigenvalue weighted by atomic mass is 9.80. The predicted molar refractivity (Wildman–Crippen MR) is 163 cm³/mol. The van der Waals surface area contributed by atoms with Crippen LogP contribution in [-0.4, -0.2) is 5.97 Å². The van der Waals surface area contributed by atoms with Crippen LogP contribution in [0.2, 0.25) is 0 Å². The summed E-state index contributed by atoms with van der Waals surface area (Å²) in [6, 6.07) is 12.9. The maximum atomic E-state index is 15.0. The molecule has 1 fully saturated rings. The second-order valence-electron chi connectivity index (χ2n) is 11.9. The van der Waals surface area contributed by atoms with E-state index in [1.165, 1.54) is 49.2 Å². The van der Waals surface area contributed by atoms with Crippen molar-refractivity contribution in [2.45, 2.75) is 64.4 Å². The van der Waals surface area contributed by atoms with Gasteiger partial charge in [-0.1, -0.05) is 56.9 Å². The van der Waals surface area contributed by atoms with E-state index in [9.17, 15) is 26.7 Å². The Hall–Kier alpha value is -4.34. The van der Waals surface area contributed by atoms with Crippen molar-refractivity contribution in [2.75, 3.05) is 0 Å². The van der Waals surface area contributed by atoms with Gasteiger partial charge in [-0.2, -0.15) is 8.78 Å². The fraction of sp³-hybridized carbons (Fsp3) is 0.324. The number of rotatable bonds is 11. The summed E-state index contributed by atoms with van der Waals surface area (Å²) >= 11 is 0. The molecule has 0 bridgehead atoms. The summed E-state index contributed by atoms with van der Waals surface area (Å²) < 4.78 is 110. The second kappa shape index (κ2) is 14.6. The maximum Gasteiger partial charge on any atom is 0.429 e. The Morgan fingerprint density at radius 1 is 0.702 bits per heavy atom. The first kappa shape index (κ1) is 34.0. The van der Waals surface area contributed by atoms with Crippen LogP contribution in [-0.2, 0) is 10.9 Å². The average molecular weight is 659 g/mol. The number of carbonyl (C=O) groups is 1. The third kappa shape index (κ3) is 8.15. The molecule has 1 aliphatic rings. The zero-order chi connectivity index (χ0) is 33.7. The van der Waals surface area contributed by atoms with Crippen LogP contribution >= 0.6 is 0 Å². The number of hydrogen-bond acceptors (Lipinski definition) is 3. The monoisotopic (exact) mass is 658 g/mol. The lowest BCUT2D eigenvalue weighted by Gasteiger charge is -2.27. The van der Waals surface area contributed by atoms with E-state index in [0.717, 1.165) is 49.9 Å². The van der Waals surface area contributed by atoms with E-state index in [4.69, 9.17) is 9.47 Å². The van der Waals surface area contributed by atoms with E-state index in [2.05, 4.69) is 6.92 Å². The van der Waals surface area contributed by atoms with Gasteiger partial charge in [0.2, 0.25) is 0 Å². The molecule has 3 nitrogen and oxygen atoms in total. The maximum absolute atomic E-state index is 15.0. The van der Waals surface area contributed by atoms with Crippen molar-refractivity contribution in [2.24, 2.45) is 11.8 Å². The van der Waals surface area contributed by atoms with E-state index < -0.39 is 46.7 Å². The van der Waals surface area contributed by atoms with E-state index in [1.54, 1.807) is 0 Å². The third-order valence-electron chi connectivity index (χ3n) is 8.57. The highest BCUT2D eigenvalue weighted by Crippen LogP contribution is 2.37. The van der Waals surface area contributed by atoms with Crippen molar-refractivity contribution in [1.82, 2.24) is 0 Å². The molecule has 1 aliphatic carbocycles. The zero-order valence-corrected chi connectivity index (χ0v) is 25.6. The van der Waals surface area contributed by atoms with Crippen LogP contribution in [0.4, 0.5) is 30.7 Å². The highest BCUT2D eigenvalue weighted by molar-refractivity contribution is 5.75. The van der Waals surface area contributed by atoms with Gasteiger partial charge in [0.05, 0.1) is 5.92 Å². The summed E-state index contributed by atoms with van der Waals surface area (Å²) in [6.45, 7) is 2.15. The molecular formula is C37H33F7O3. The smallest absolute Gasteiger partial charge is 0.429 e. The summed E-state index contributed by atoms with van der Waals surface area (Å²) in [7, 11) is 0. The number of benzene rings is 4. The van der Waals surface area contributed by atoms with E-state index in [0.29, 0.717) is 42.0 Å². The molecule has 0 atom stereocenters. The molecule has 248 valence electrons. The predicted octanol–water partition coefficient (Wildman–Crippen LogP) is 11.1. The van der Waals surface area contributed by atoms with Crippen LogP contribution in [0, 0.1) is 40.9 Å². The summed E-state index contributed by atoms with van der Waals surface area (Å²) in [5, 5.41) is 0. The van der Waals surface area contributed by atoms with Crippen LogP contribution < -0.4 is 9.47 Å². The number of hydrogen-bond donors (Lipinski definition) is 0. The molecule has 4 aromatic carbocycles. The molecule has 0 heterocycles. The van der Waals surface area contributed by atoms with Crippen molar-refractivity contribution in [3.8, 4) is 33.8 Å². The minimum atomic E-state index is -4.09. The number of halogens is 7. The molecule has 0 saturated heterocycles. The second-order valence-corrected chi connectivity index (χ2v) is 11.9. The summed E-state index contributed by atoms with van der Waals surface area (Å²) in [5.41, 5.74) is -0.728. The van der Waals surface area contributed by atoms with E-state index in [-0.39, 0.29) is 28.5 Å². The average Bonchev–Trinajstić information content (AvgIpc) is 3.04. The Morgan fingerprint density at radius 3 is 1.94 bits per heavy atom. The first-order valence-corrected chi connectivity index (χ1v) is 15.6. The van der Waals surface area contributed by atoms with Crippen molar-refractivity contribution < 1.29 is 45.0 Å². The van der Waals surface area contributed by atoms with Gasteiger partial charge in [-0.05, 0) is 90.8 Å². The first-order chi connectivity index (χ1) is 22.4. The molecule has 10 heteroatoms. The lowest BCUT2D eigenvalue weighted by molar-refractivity contribution is -0.187. The topological polar surface area (TPSA) is 35.5 Å². The fourth-order valence-corrected chi connectivity index (χ4v) is 5.92. The number of alkyl halides is 2. The van der Waals surface area contributed by atoms with Gasteiger partial charge in [0.1, 0.15) is 28.7 Å². The normalized spacial score (nSPS) is 16.6. The Labute approximate surface area is 268 Å².